The Kier molecular flexibility index (Phi) is 4.14. The maximum absolute atomic E-state index is 12.2. The zero-order valence-electron chi connectivity index (χ0n) is 12.9. The van der Waals surface area contributed by atoms with Crippen molar-refractivity contribution >= 4 is 5.97 Å². The summed E-state index contributed by atoms with van der Waals surface area (Å²) in [4.78, 5) is 12.2. The lowest BCUT2D eigenvalue weighted by atomic mass is 10.0. The third-order valence-corrected chi connectivity index (χ3v) is 4.26. The molecule has 0 saturated heterocycles. The van der Waals surface area contributed by atoms with Gasteiger partial charge in [0.25, 0.3) is 0 Å². The SMILES string of the molecule is CCOC(=O)C1[C@H](c2ccccc2)[C@H]1c1ccc(OC)cc1. The van der Waals surface area contributed by atoms with Crippen LogP contribution in [0.25, 0.3) is 0 Å². The van der Waals surface area contributed by atoms with E-state index < -0.39 is 0 Å². The molecule has 0 N–H and O–H groups in total. The van der Waals surface area contributed by atoms with Gasteiger partial charge < -0.3 is 9.47 Å². The van der Waals surface area contributed by atoms with Crippen LogP contribution in [0.1, 0.15) is 29.9 Å². The van der Waals surface area contributed by atoms with Crippen molar-refractivity contribution in [1.82, 2.24) is 0 Å². The Bertz CT molecular complexity index is 633. The summed E-state index contributed by atoms with van der Waals surface area (Å²) in [6.45, 7) is 2.27. The zero-order valence-corrected chi connectivity index (χ0v) is 12.9. The van der Waals surface area contributed by atoms with Crippen molar-refractivity contribution < 1.29 is 14.3 Å². The van der Waals surface area contributed by atoms with Gasteiger partial charge in [0.15, 0.2) is 0 Å². The first kappa shape index (κ1) is 14.6. The lowest BCUT2D eigenvalue weighted by Crippen LogP contribution is -2.08. The molecule has 0 radical (unpaired) electrons. The molecule has 1 saturated carbocycles. The molecule has 0 aliphatic heterocycles. The van der Waals surface area contributed by atoms with Crippen molar-refractivity contribution in [2.75, 3.05) is 13.7 Å². The summed E-state index contributed by atoms with van der Waals surface area (Å²) >= 11 is 0. The Balaban J connectivity index is 1.88. The van der Waals surface area contributed by atoms with Crippen LogP contribution < -0.4 is 4.74 Å². The second-order valence-corrected chi connectivity index (χ2v) is 5.51. The lowest BCUT2D eigenvalue weighted by molar-refractivity contribution is -0.144. The van der Waals surface area contributed by atoms with Crippen LogP contribution in [-0.2, 0) is 9.53 Å². The number of methoxy groups -OCH3 is 1. The predicted octanol–water partition coefficient (Wildman–Crippen LogP) is 3.76. The highest BCUT2D eigenvalue weighted by Gasteiger charge is 2.56. The number of carbonyl (C=O) groups excluding carboxylic acids is 1. The monoisotopic (exact) mass is 296 g/mol. The predicted molar refractivity (Wildman–Crippen MR) is 85.0 cm³/mol. The summed E-state index contributed by atoms with van der Waals surface area (Å²) in [6.07, 6.45) is 0. The largest absolute Gasteiger partial charge is 0.497 e. The molecule has 1 aliphatic carbocycles. The van der Waals surface area contributed by atoms with Crippen LogP contribution >= 0.6 is 0 Å². The van der Waals surface area contributed by atoms with E-state index in [1.165, 1.54) is 5.56 Å². The Morgan fingerprint density at radius 2 is 1.55 bits per heavy atom. The van der Waals surface area contributed by atoms with Gasteiger partial charge in [0.1, 0.15) is 5.75 Å². The molecule has 3 rings (SSSR count). The van der Waals surface area contributed by atoms with E-state index in [2.05, 4.69) is 12.1 Å². The second kappa shape index (κ2) is 6.22. The molecule has 0 amide bonds. The van der Waals surface area contributed by atoms with Crippen LogP contribution in [0.3, 0.4) is 0 Å². The molecular weight excluding hydrogens is 276 g/mol. The van der Waals surface area contributed by atoms with Gasteiger partial charge in [-0.25, -0.2) is 0 Å². The molecule has 22 heavy (non-hydrogen) atoms. The fourth-order valence-electron chi connectivity index (χ4n) is 3.17. The van der Waals surface area contributed by atoms with E-state index in [4.69, 9.17) is 9.47 Å². The van der Waals surface area contributed by atoms with Gasteiger partial charge in [-0.2, -0.15) is 0 Å². The van der Waals surface area contributed by atoms with E-state index in [0.717, 1.165) is 11.3 Å². The summed E-state index contributed by atoms with van der Waals surface area (Å²) in [6, 6.07) is 18.2. The van der Waals surface area contributed by atoms with E-state index in [-0.39, 0.29) is 23.7 Å². The van der Waals surface area contributed by atoms with Crippen LogP contribution in [0.5, 0.6) is 5.75 Å². The molecule has 3 atom stereocenters. The Morgan fingerprint density at radius 3 is 2.09 bits per heavy atom. The number of hydrogen-bond acceptors (Lipinski definition) is 3. The summed E-state index contributed by atoms with van der Waals surface area (Å²) in [5.41, 5.74) is 2.36. The van der Waals surface area contributed by atoms with Crippen LogP contribution in [0.4, 0.5) is 0 Å². The van der Waals surface area contributed by atoms with Crippen LogP contribution in [0.2, 0.25) is 0 Å². The number of benzene rings is 2. The van der Waals surface area contributed by atoms with E-state index >= 15 is 0 Å². The van der Waals surface area contributed by atoms with Crippen molar-refractivity contribution in [3.8, 4) is 5.75 Å². The molecule has 1 aliphatic rings. The van der Waals surface area contributed by atoms with E-state index in [9.17, 15) is 4.79 Å². The van der Waals surface area contributed by atoms with Crippen LogP contribution in [0.15, 0.2) is 54.6 Å². The van der Waals surface area contributed by atoms with Gasteiger partial charge in [0, 0.05) is 11.8 Å². The van der Waals surface area contributed by atoms with Crippen molar-refractivity contribution in [2.45, 2.75) is 18.8 Å². The highest BCUT2D eigenvalue weighted by Crippen LogP contribution is 2.61. The molecule has 2 aromatic rings. The first-order chi connectivity index (χ1) is 10.8. The molecule has 1 fully saturated rings. The Hall–Kier alpha value is -2.29. The third kappa shape index (κ3) is 2.71. The average Bonchev–Trinajstić information content (AvgIpc) is 3.32. The van der Waals surface area contributed by atoms with Crippen LogP contribution in [0, 0.1) is 5.92 Å². The molecule has 0 heterocycles. The molecule has 2 aromatic carbocycles. The Labute approximate surface area is 130 Å². The average molecular weight is 296 g/mol. The van der Waals surface area contributed by atoms with Crippen molar-refractivity contribution in [3.05, 3.63) is 65.7 Å². The molecule has 3 nitrogen and oxygen atoms in total. The van der Waals surface area contributed by atoms with E-state index in [1.807, 2.05) is 49.4 Å². The topological polar surface area (TPSA) is 35.5 Å². The molecule has 1 unspecified atom stereocenters. The standard InChI is InChI=1S/C19H20O3/c1-3-22-19(20)18-16(13-7-5-4-6-8-13)17(18)14-9-11-15(21-2)12-10-14/h4-12,16-18H,3H2,1-2H3/t16-,17-,18?/m1/s1. The van der Waals surface area contributed by atoms with Gasteiger partial charge in [-0.15, -0.1) is 0 Å². The Morgan fingerprint density at radius 1 is 0.955 bits per heavy atom. The normalized spacial score (nSPS) is 22.9. The molecule has 0 spiro atoms. The molecular formula is C19H20O3. The minimum Gasteiger partial charge on any atom is -0.497 e. The zero-order chi connectivity index (χ0) is 15.5. The molecule has 0 bridgehead atoms. The van der Waals surface area contributed by atoms with E-state index in [0.29, 0.717) is 6.61 Å². The highest BCUT2D eigenvalue weighted by atomic mass is 16.5. The quantitative estimate of drug-likeness (QED) is 0.788. The number of hydrogen-bond donors (Lipinski definition) is 0. The number of carbonyl (C=O) groups is 1. The number of esters is 1. The lowest BCUT2D eigenvalue weighted by Gasteiger charge is -2.03. The van der Waals surface area contributed by atoms with Crippen LogP contribution in [-0.4, -0.2) is 19.7 Å². The summed E-state index contributed by atoms with van der Waals surface area (Å²) in [5, 5.41) is 0. The van der Waals surface area contributed by atoms with Crippen molar-refractivity contribution in [1.29, 1.82) is 0 Å². The van der Waals surface area contributed by atoms with Crippen molar-refractivity contribution in [2.24, 2.45) is 5.92 Å². The first-order valence-electron chi connectivity index (χ1n) is 7.61. The van der Waals surface area contributed by atoms with Gasteiger partial charge in [-0.3, -0.25) is 4.79 Å². The summed E-state index contributed by atoms with van der Waals surface area (Å²) in [5.74, 6) is 1.03. The fraction of sp³-hybridized carbons (Fsp3) is 0.316. The minimum absolute atomic E-state index is 0.0873. The van der Waals surface area contributed by atoms with Gasteiger partial charge in [0.05, 0.1) is 19.6 Å². The molecule has 0 aromatic heterocycles. The van der Waals surface area contributed by atoms with E-state index in [1.54, 1.807) is 7.11 Å². The maximum atomic E-state index is 12.2. The van der Waals surface area contributed by atoms with Gasteiger partial charge in [-0.05, 0) is 30.2 Å². The van der Waals surface area contributed by atoms with Gasteiger partial charge in [0.2, 0.25) is 0 Å². The third-order valence-electron chi connectivity index (χ3n) is 4.26. The smallest absolute Gasteiger partial charge is 0.310 e. The first-order valence-corrected chi connectivity index (χ1v) is 7.61. The number of ether oxygens (including phenoxy) is 2. The second-order valence-electron chi connectivity index (χ2n) is 5.51. The molecule has 114 valence electrons. The van der Waals surface area contributed by atoms with Gasteiger partial charge in [-0.1, -0.05) is 42.5 Å². The summed E-state index contributed by atoms with van der Waals surface area (Å²) < 4.78 is 10.5. The fourth-order valence-corrected chi connectivity index (χ4v) is 3.17. The van der Waals surface area contributed by atoms with Crippen molar-refractivity contribution in [3.63, 3.8) is 0 Å². The maximum Gasteiger partial charge on any atom is 0.310 e. The highest BCUT2D eigenvalue weighted by molar-refractivity contribution is 5.80. The summed E-state index contributed by atoms with van der Waals surface area (Å²) in [7, 11) is 1.65. The van der Waals surface area contributed by atoms with Gasteiger partial charge >= 0.3 is 5.97 Å². The number of rotatable bonds is 5. The molecule has 3 heteroatoms. The minimum atomic E-state index is -0.0998.